The number of aromatic nitrogens is 2. The first-order valence-electron chi connectivity index (χ1n) is 8.37. The van der Waals surface area contributed by atoms with Crippen molar-refractivity contribution < 1.29 is 14.3 Å². The van der Waals surface area contributed by atoms with Crippen LogP contribution in [-0.4, -0.2) is 28.4 Å². The molecular formula is C19H18N4O4. The minimum absolute atomic E-state index is 0.0259. The molecule has 0 unspecified atom stereocenters. The Morgan fingerprint density at radius 3 is 2.37 bits per heavy atom. The molecule has 0 fully saturated rings. The van der Waals surface area contributed by atoms with Gasteiger partial charge in [-0.3, -0.25) is 15.0 Å². The van der Waals surface area contributed by atoms with Crippen molar-refractivity contribution >= 4 is 22.8 Å². The Morgan fingerprint density at radius 1 is 1.00 bits per heavy atom. The van der Waals surface area contributed by atoms with Crippen LogP contribution >= 0.6 is 0 Å². The maximum atomic E-state index is 12.7. The van der Waals surface area contributed by atoms with Gasteiger partial charge < -0.3 is 4.74 Å². The van der Waals surface area contributed by atoms with Gasteiger partial charge in [0, 0.05) is 5.39 Å². The summed E-state index contributed by atoms with van der Waals surface area (Å²) < 4.78 is 5.93. The summed E-state index contributed by atoms with van der Waals surface area (Å²) in [5.41, 5.74) is 4.98. The van der Waals surface area contributed by atoms with Crippen molar-refractivity contribution in [1.82, 2.24) is 20.6 Å². The Balaban J connectivity index is 1.98. The summed E-state index contributed by atoms with van der Waals surface area (Å²) in [5, 5.41) is 4.98. The summed E-state index contributed by atoms with van der Waals surface area (Å²) in [5.74, 6) is -0.652. The van der Waals surface area contributed by atoms with Gasteiger partial charge in [-0.05, 0) is 18.6 Å². The summed E-state index contributed by atoms with van der Waals surface area (Å²) in [6.45, 7) is 2.04. The molecule has 8 nitrogen and oxygen atoms in total. The molecule has 0 saturated heterocycles. The number of rotatable bonds is 4. The lowest BCUT2D eigenvalue weighted by Gasteiger charge is -2.12. The molecule has 138 valence electrons. The zero-order valence-corrected chi connectivity index (χ0v) is 14.6. The second-order valence-electron chi connectivity index (χ2n) is 5.64. The molecule has 0 aliphatic rings. The minimum Gasteiger partial charge on any atom is -0.449 e. The minimum atomic E-state index is -0.784. The van der Waals surface area contributed by atoms with Crippen LogP contribution in [-0.2, 0) is 11.3 Å². The fourth-order valence-electron chi connectivity index (χ4n) is 2.60. The smallest absolute Gasteiger partial charge is 0.426 e. The van der Waals surface area contributed by atoms with Gasteiger partial charge in [0.25, 0.3) is 11.5 Å². The third-order valence-corrected chi connectivity index (χ3v) is 3.81. The Bertz CT molecular complexity index is 1030. The van der Waals surface area contributed by atoms with Gasteiger partial charge in [-0.1, -0.05) is 48.5 Å². The fourth-order valence-corrected chi connectivity index (χ4v) is 2.60. The van der Waals surface area contributed by atoms with Crippen molar-refractivity contribution in [2.45, 2.75) is 13.5 Å². The first-order valence-corrected chi connectivity index (χ1v) is 8.37. The number of hydrogen-bond donors (Lipinski definition) is 2. The Kier molecular flexibility index (Phi) is 5.46. The van der Waals surface area contributed by atoms with E-state index in [0.29, 0.717) is 10.8 Å². The normalized spacial score (nSPS) is 10.4. The van der Waals surface area contributed by atoms with Gasteiger partial charge in [-0.15, -0.1) is 0 Å². The molecule has 0 aliphatic carbocycles. The number of fused-ring (bicyclic) bond motifs is 1. The van der Waals surface area contributed by atoms with E-state index < -0.39 is 12.0 Å². The van der Waals surface area contributed by atoms with Crippen LogP contribution in [0.3, 0.4) is 0 Å². The van der Waals surface area contributed by atoms with E-state index in [-0.39, 0.29) is 24.4 Å². The first-order chi connectivity index (χ1) is 13.1. The van der Waals surface area contributed by atoms with Crippen molar-refractivity contribution in [2.75, 3.05) is 6.61 Å². The number of benzene rings is 2. The van der Waals surface area contributed by atoms with Crippen molar-refractivity contribution in [2.24, 2.45) is 0 Å². The summed E-state index contributed by atoms with van der Waals surface area (Å²) in [4.78, 5) is 36.6. The molecule has 8 heteroatoms. The average molecular weight is 366 g/mol. The standard InChI is InChI=1S/C19H18N4O4/c1-2-27-19(26)21-20-17(24)16-14-10-6-7-11-15(14)18(25)23(22-16)12-13-8-4-3-5-9-13/h3-11H,2,12H2,1H3,(H,20,24)(H,21,26). The molecule has 3 rings (SSSR count). The number of nitrogens with zero attached hydrogens (tertiary/aromatic N) is 2. The summed E-state index contributed by atoms with van der Waals surface area (Å²) in [6, 6.07) is 16.0. The van der Waals surface area contributed by atoms with Crippen LogP contribution in [0, 0.1) is 0 Å². The number of amides is 2. The first kappa shape index (κ1) is 18.1. The molecule has 27 heavy (non-hydrogen) atoms. The van der Waals surface area contributed by atoms with Crippen molar-refractivity contribution in [3.8, 4) is 0 Å². The summed E-state index contributed by atoms with van der Waals surface area (Å²) >= 11 is 0. The van der Waals surface area contributed by atoms with Crippen LogP contribution in [0.2, 0.25) is 0 Å². The number of carbonyl (C=O) groups is 2. The monoisotopic (exact) mass is 366 g/mol. The third kappa shape index (κ3) is 4.12. The van der Waals surface area contributed by atoms with E-state index in [1.165, 1.54) is 4.68 Å². The maximum absolute atomic E-state index is 12.7. The van der Waals surface area contributed by atoms with Crippen molar-refractivity contribution in [3.63, 3.8) is 0 Å². The van der Waals surface area contributed by atoms with Crippen LogP contribution < -0.4 is 16.4 Å². The number of nitrogens with one attached hydrogen (secondary N) is 2. The highest BCUT2D eigenvalue weighted by Crippen LogP contribution is 2.13. The lowest BCUT2D eigenvalue weighted by molar-refractivity contribution is 0.0907. The highest BCUT2D eigenvalue weighted by atomic mass is 16.5. The van der Waals surface area contributed by atoms with Crippen molar-refractivity contribution in [1.29, 1.82) is 0 Å². The molecular weight excluding hydrogens is 348 g/mol. The Hall–Kier alpha value is -3.68. The summed E-state index contributed by atoms with van der Waals surface area (Å²) in [6.07, 6.45) is -0.784. The molecule has 0 radical (unpaired) electrons. The lowest BCUT2D eigenvalue weighted by atomic mass is 10.1. The second kappa shape index (κ2) is 8.13. The molecule has 0 atom stereocenters. The van der Waals surface area contributed by atoms with E-state index in [2.05, 4.69) is 16.0 Å². The number of ether oxygens (including phenoxy) is 1. The number of hydrazine groups is 1. The lowest BCUT2D eigenvalue weighted by Crippen LogP contribution is -2.43. The van der Waals surface area contributed by atoms with Gasteiger partial charge in [0.05, 0.1) is 18.5 Å². The molecule has 0 spiro atoms. The molecule has 1 aromatic heterocycles. The molecule has 2 N–H and O–H groups in total. The summed E-state index contributed by atoms with van der Waals surface area (Å²) in [7, 11) is 0. The van der Waals surface area contributed by atoms with Crippen molar-refractivity contribution in [3.05, 3.63) is 76.2 Å². The van der Waals surface area contributed by atoms with Crippen LogP contribution in [0.4, 0.5) is 4.79 Å². The van der Waals surface area contributed by atoms with Gasteiger partial charge in [0.2, 0.25) is 0 Å². The van der Waals surface area contributed by atoms with Crippen LogP contribution in [0.15, 0.2) is 59.4 Å². The van der Waals surface area contributed by atoms with Crippen LogP contribution in [0.1, 0.15) is 23.0 Å². The van der Waals surface area contributed by atoms with Gasteiger partial charge >= 0.3 is 6.09 Å². The topological polar surface area (TPSA) is 102 Å². The molecule has 1 heterocycles. The highest BCUT2D eigenvalue weighted by Gasteiger charge is 2.17. The number of hydrogen-bond acceptors (Lipinski definition) is 5. The second-order valence-corrected chi connectivity index (χ2v) is 5.64. The molecule has 2 aromatic carbocycles. The van der Waals surface area contributed by atoms with E-state index in [9.17, 15) is 14.4 Å². The van der Waals surface area contributed by atoms with E-state index in [1.807, 2.05) is 30.3 Å². The SMILES string of the molecule is CCOC(=O)NNC(=O)c1nn(Cc2ccccc2)c(=O)c2ccccc12. The highest BCUT2D eigenvalue weighted by molar-refractivity contribution is 6.05. The molecule has 0 aliphatic heterocycles. The van der Waals surface area contributed by atoms with Gasteiger partial charge in [-0.25, -0.2) is 14.9 Å². The van der Waals surface area contributed by atoms with E-state index in [4.69, 9.17) is 4.74 Å². The van der Waals surface area contributed by atoms with Gasteiger partial charge in [0.15, 0.2) is 5.69 Å². The molecule has 3 aromatic rings. The zero-order valence-electron chi connectivity index (χ0n) is 14.6. The Labute approximate surface area is 154 Å². The van der Waals surface area contributed by atoms with E-state index >= 15 is 0 Å². The average Bonchev–Trinajstić information content (AvgIpc) is 2.69. The predicted octanol–water partition coefficient (Wildman–Crippen LogP) is 1.84. The van der Waals surface area contributed by atoms with Crippen LogP contribution in [0.25, 0.3) is 10.8 Å². The Morgan fingerprint density at radius 2 is 1.67 bits per heavy atom. The van der Waals surface area contributed by atoms with Gasteiger partial charge in [-0.2, -0.15) is 5.10 Å². The van der Waals surface area contributed by atoms with Gasteiger partial charge in [0.1, 0.15) is 0 Å². The third-order valence-electron chi connectivity index (χ3n) is 3.81. The predicted molar refractivity (Wildman–Crippen MR) is 99.2 cm³/mol. The van der Waals surface area contributed by atoms with E-state index in [1.54, 1.807) is 31.2 Å². The molecule has 2 amide bonds. The largest absolute Gasteiger partial charge is 0.449 e. The quantitative estimate of drug-likeness (QED) is 0.686. The van der Waals surface area contributed by atoms with E-state index in [0.717, 1.165) is 5.56 Å². The fraction of sp³-hybridized carbons (Fsp3) is 0.158. The molecule has 0 bridgehead atoms. The maximum Gasteiger partial charge on any atom is 0.426 e. The molecule has 0 saturated carbocycles. The number of carbonyl (C=O) groups excluding carboxylic acids is 2. The van der Waals surface area contributed by atoms with Crippen LogP contribution in [0.5, 0.6) is 0 Å². The zero-order chi connectivity index (χ0) is 19.2.